The maximum atomic E-state index is 11.0. The van der Waals surface area contributed by atoms with Crippen LogP contribution in [0.1, 0.15) is 5.56 Å². The van der Waals surface area contributed by atoms with Crippen molar-refractivity contribution >= 4 is 11.0 Å². The summed E-state index contributed by atoms with van der Waals surface area (Å²) in [6, 6.07) is 1.80. The first-order valence-corrected chi connectivity index (χ1v) is 3.30. The molecule has 0 spiro atoms. The van der Waals surface area contributed by atoms with Crippen LogP contribution in [-0.4, -0.2) is 15.2 Å². The topological polar surface area (TPSA) is 61.5 Å². The first-order chi connectivity index (χ1) is 5.27. The zero-order chi connectivity index (χ0) is 7.84. The highest BCUT2D eigenvalue weighted by atomic mass is 16.1. The summed E-state index contributed by atoms with van der Waals surface area (Å²) < 4.78 is 0. The molecule has 0 aliphatic heterocycles. The summed E-state index contributed by atoms with van der Waals surface area (Å²) >= 11 is 0. The lowest BCUT2D eigenvalue weighted by atomic mass is 10.3. The number of aromatic nitrogens is 3. The van der Waals surface area contributed by atoms with Gasteiger partial charge in [0.25, 0.3) is 5.56 Å². The van der Waals surface area contributed by atoms with E-state index in [9.17, 15) is 4.79 Å². The molecule has 0 aliphatic rings. The second-order valence-corrected chi connectivity index (χ2v) is 2.49. The molecule has 2 heterocycles. The maximum absolute atomic E-state index is 11.0. The van der Waals surface area contributed by atoms with E-state index in [1.54, 1.807) is 12.3 Å². The second kappa shape index (κ2) is 1.95. The molecular weight excluding hydrogens is 142 g/mol. The van der Waals surface area contributed by atoms with E-state index in [0.29, 0.717) is 11.0 Å². The van der Waals surface area contributed by atoms with Crippen molar-refractivity contribution in [2.75, 3.05) is 0 Å². The van der Waals surface area contributed by atoms with Gasteiger partial charge in [0.05, 0.1) is 5.39 Å². The Kier molecular flexibility index (Phi) is 1.09. The molecule has 2 aromatic heterocycles. The van der Waals surface area contributed by atoms with Crippen LogP contribution in [0, 0.1) is 6.92 Å². The van der Waals surface area contributed by atoms with Gasteiger partial charge in [0.1, 0.15) is 0 Å². The lowest BCUT2D eigenvalue weighted by molar-refractivity contribution is 1.06. The maximum Gasteiger partial charge on any atom is 0.273 e. The summed E-state index contributed by atoms with van der Waals surface area (Å²) in [5, 5.41) is 5.74. The van der Waals surface area contributed by atoms with E-state index in [-0.39, 0.29) is 5.56 Å². The summed E-state index contributed by atoms with van der Waals surface area (Å²) in [4.78, 5) is 15.0. The van der Waals surface area contributed by atoms with Gasteiger partial charge in [0, 0.05) is 6.20 Å². The lowest BCUT2D eigenvalue weighted by Crippen LogP contribution is -1.97. The largest absolute Gasteiger partial charge is 0.281 e. The molecule has 0 aromatic carbocycles. The number of H-pyrrole nitrogens is 2. The van der Waals surface area contributed by atoms with Crippen molar-refractivity contribution in [2.45, 2.75) is 6.92 Å². The zero-order valence-corrected chi connectivity index (χ0v) is 6.01. The third-order valence-corrected chi connectivity index (χ3v) is 1.56. The molecule has 0 saturated carbocycles. The van der Waals surface area contributed by atoms with Gasteiger partial charge in [0.15, 0.2) is 5.65 Å². The highest BCUT2D eigenvalue weighted by Crippen LogP contribution is 2.03. The molecule has 0 atom stereocenters. The Morgan fingerprint density at radius 3 is 3.09 bits per heavy atom. The third kappa shape index (κ3) is 0.832. The van der Waals surface area contributed by atoms with Crippen LogP contribution >= 0.6 is 0 Å². The van der Waals surface area contributed by atoms with Crippen LogP contribution in [0.2, 0.25) is 0 Å². The van der Waals surface area contributed by atoms with Gasteiger partial charge in [-0.3, -0.25) is 15.0 Å². The van der Waals surface area contributed by atoms with Gasteiger partial charge in [0.2, 0.25) is 0 Å². The molecule has 0 radical (unpaired) electrons. The first kappa shape index (κ1) is 6.15. The molecule has 2 aromatic rings. The van der Waals surface area contributed by atoms with Crippen LogP contribution in [0.15, 0.2) is 17.1 Å². The molecular formula is C7H7N3O. The molecule has 2 N–H and O–H groups in total. The van der Waals surface area contributed by atoms with Gasteiger partial charge in [-0.05, 0) is 18.6 Å². The molecule has 11 heavy (non-hydrogen) atoms. The zero-order valence-electron chi connectivity index (χ0n) is 6.01. The highest BCUT2D eigenvalue weighted by molar-refractivity contribution is 5.73. The fraction of sp³-hybridized carbons (Fsp3) is 0.143. The minimum absolute atomic E-state index is 0.115. The number of aromatic amines is 2. The Bertz CT molecular complexity index is 440. The van der Waals surface area contributed by atoms with Crippen LogP contribution in [0.4, 0.5) is 0 Å². The Hall–Kier alpha value is -1.58. The number of fused-ring (bicyclic) bond motifs is 1. The fourth-order valence-corrected chi connectivity index (χ4v) is 1.03. The van der Waals surface area contributed by atoms with Crippen LogP contribution < -0.4 is 5.56 Å². The third-order valence-electron chi connectivity index (χ3n) is 1.56. The fourth-order valence-electron chi connectivity index (χ4n) is 1.03. The predicted molar refractivity (Wildman–Crippen MR) is 41.5 cm³/mol. The van der Waals surface area contributed by atoms with Crippen molar-refractivity contribution in [1.29, 1.82) is 0 Å². The first-order valence-electron chi connectivity index (χ1n) is 3.30. The van der Waals surface area contributed by atoms with Crippen LogP contribution in [0.3, 0.4) is 0 Å². The number of pyridine rings is 1. The SMILES string of the molecule is Cc1cnc2[nH][nH]c(=O)c2c1. The van der Waals surface area contributed by atoms with E-state index in [1.165, 1.54) is 0 Å². The van der Waals surface area contributed by atoms with E-state index in [1.807, 2.05) is 6.92 Å². The van der Waals surface area contributed by atoms with E-state index in [2.05, 4.69) is 15.2 Å². The van der Waals surface area contributed by atoms with Crippen molar-refractivity contribution in [3.8, 4) is 0 Å². The van der Waals surface area contributed by atoms with Gasteiger partial charge in [-0.15, -0.1) is 0 Å². The smallest absolute Gasteiger partial charge is 0.273 e. The molecule has 56 valence electrons. The molecule has 0 bridgehead atoms. The molecule has 0 aliphatic carbocycles. The summed E-state index contributed by atoms with van der Waals surface area (Å²) in [7, 11) is 0. The molecule has 2 rings (SSSR count). The Labute approximate surface area is 62.3 Å². The Morgan fingerprint density at radius 1 is 1.45 bits per heavy atom. The highest BCUT2D eigenvalue weighted by Gasteiger charge is 1.99. The monoisotopic (exact) mass is 149 g/mol. The number of hydrogen-bond donors (Lipinski definition) is 2. The predicted octanol–water partition coefficient (Wildman–Crippen LogP) is 0.560. The van der Waals surface area contributed by atoms with Gasteiger partial charge in [-0.1, -0.05) is 0 Å². The minimum atomic E-state index is -0.115. The number of aryl methyl sites for hydroxylation is 1. The van der Waals surface area contributed by atoms with E-state index < -0.39 is 0 Å². The van der Waals surface area contributed by atoms with E-state index >= 15 is 0 Å². The number of nitrogens with zero attached hydrogens (tertiary/aromatic N) is 1. The van der Waals surface area contributed by atoms with E-state index in [4.69, 9.17) is 0 Å². The van der Waals surface area contributed by atoms with Gasteiger partial charge in [-0.25, -0.2) is 4.98 Å². The normalized spacial score (nSPS) is 10.6. The molecule has 0 fully saturated rings. The molecule has 4 heteroatoms. The van der Waals surface area contributed by atoms with Gasteiger partial charge >= 0.3 is 0 Å². The summed E-state index contributed by atoms with van der Waals surface area (Å²) in [6.07, 6.45) is 1.71. The molecule has 0 unspecified atom stereocenters. The van der Waals surface area contributed by atoms with Crippen molar-refractivity contribution in [1.82, 2.24) is 15.2 Å². The number of nitrogens with one attached hydrogen (secondary N) is 2. The number of rotatable bonds is 0. The van der Waals surface area contributed by atoms with Crippen molar-refractivity contribution in [3.63, 3.8) is 0 Å². The average molecular weight is 149 g/mol. The number of hydrogen-bond acceptors (Lipinski definition) is 2. The van der Waals surface area contributed by atoms with Crippen molar-refractivity contribution in [2.24, 2.45) is 0 Å². The molecule has 0 amide bonds. The van der Waals surface area contributed by atoms with Crippen molar-refractivity contribution in [3.05, 3.63) is 28.2 Å². The molecule has 4 nitrogen and oxygen atoms in total. The van der Waals surface area contributed by atoms with Crippen LogP contribution in [0.5, 0.6) is 0 Å². The lowest BCUT2D eigenvalue weighted by Gasteiger charge is -1.87. The summed E-state index contributed by atoms with van der Waals surface area (Å²) in [6.45, 7) is 1.90. The second-order valence-electron chi connectivity index (χ2n) is 2.49. The van der Waals surface area contributed by atoms with Gasteiger partial charge in [-0.2, -0.15) is 0 Å². The quantitative estimate of drug-likeness (QED) is 0.574. The van der Waals surface area contributed by atoms with Crippen LogP contribution in [-0.2, 0) is 0 Å². The Balaban J connectivity index is 2.99. The van der Waals surface area contributed by atoms with E-state index in [0.717, 1.165) is 5.56 Å². The minimum Gasteiger partial charge on any atom is -0.281 e. The van der Waals surface area contributed by atoms with Crippen LogP contribution in [0.25, 0.3) is 11.0 Å². The summed E-state index contributed by atoms with van der Waals surface area (Å²) in [5.41, 5.74) is 1.49. The Morgan fingerprint density at radius 2 is 2.27 bits per heavy atom. The van der Waals surface area contributed by atoms with Crippen molar-refractivity contribution < 1.29 is 0 Å². The summed E-state index contributed by atoms with van der Waals surface area (Å²) in [5.74, 6) is 0. The standard InChI is InChI=1S/C7H7N3O/c1-4-2-5-6(8-3-4)9-10-7(5)11/h2-3H,1H3,(H2,8,9,10,11). The average Bonchev–Trinajstić information content (AvgIpc) is 2.33. The van der Waals surface area contributed by atoms with Gasteiger partial charge < -0.3 is 0 Å². The molecule has 0 saturated heterocycles.